The Balaban J connectivity index is 2.17. The quantitative estimate of drug-likeness (QED) is 0.553. The van der Waals surface area contributed by atoms with Crippen LogP contribution >= 0.6 is 15.9 Å². The monoisotopic (exact) mass is 368 g/mol. The first-order valence-corrected chi connectivity index (χ1v) is 7.11. The van der Waals surface area contributed by atoms with Crippen LogP contribution in [0.15, 0.2) is 48.5 Å². The Labute approximate surface area is 132 Å². The molecule has 0 saturated heterocycles. The summed E-state index contributed by atoms with van der Waals surface area (Å²) in [5, 5.41) is 0. The summed E-state index contributed by atoms with van der Waals surface area (Å²) in [5.41, 5.74) is -0.502. The first kappa shape index (κ1) is 15.0. The van der Waals surface area contributed by atoms with Crippen LogP contribution in [0.4, 0.5) is 13.2 Å². The molecule has 2 aromatic carbocycles. The maximum absolute atomic E-state index is 12.9. The van der Waals surface area contributed by atoms with E-state index >= 15 is 0 Å². The molecule has 0 atom stereocenters. The highest BCUT2D eigenvalue weighted by molar-refractivity contribution is 9.10. The fourth-order valence-electron chi connectivity index (χ4n) is 2.53. The highest BCUT2D eigenvalue weighted by atomic mass is 79.9. The van der Waals surface area contributed by atoms with Gasteiger partial charge in [-0.05, 0) is 17.7 Å². The van der Waals surface area contributed by atoms with Crippen LogP contribution in [-0.4, -0.2) is 11.6 Å². The number of rotatable bonds is 1. The molecular formula is C16H8BrF3O2. The van der Waals surface area contributed by atoms with Crippen molar-refractivity contribution in [3.8, 4) is 0 Å². The first-order chi connectivity index (χ1) is 10.3. The van der Waals surface area contributed by atoms with Crippen molar-refractivity contribution in [2.24, 2.45) is 0 Å². The van der Waals surface area contributed by atoms with E-state index in [2.05, 4.69) is 15.9 Å². The molecular weight excluding hydrogens is 361 g/mol. The van der Waals surface area contributed by atoms with E-state index < -0.39 is 27.6 Å². The summed E-state index contributed by atoms with van der Waals surface area (Å²) in [6, 6.07) is 10.5. The maximum atomic E-state index is 12.9. The van der Waals surface area contributed by atoms with Crippen LogP contribution in [-0.2, 0) is 10.5 Å². The van der Waals surface area contributed by atoms with E-state index in [-0.39, 0.29) is 16.7 Å². The second-order valence-corrected chi connectivity index (χ2v) is 6.13. The van der Waals surface area contributed by atoms with Gasteiger partial charge in [-0.15, -0.1) is 0 Å². The molecule has 2 aromatic rings. The summed E-state index contributed by atoms with van der Waals surface area (Å²) in [7, 11) is 0. The molecule has 0 spiro atoms. The minimum Gasteiger partial charge on any atom is -0.292 e. The van der Waals surface area contributed by atoms with Gasteiger partial charge in [-0.25, -0.2) is 0 Å². The lowest BCUT2D eigenvalue weighted by atomic mass is 9.92. The molecule has 2 nitrogen and oxygen atoms in total. The third kappa shape index (κ3) is 2.01. The van der Waals surface area contributed by atoms with E-state index in [0.29, 0.717) is 0 Å². The van der Waals surface area contributed by atoms with Gasteiger partial charge in [0.2, 0.25) is 0 Å². The second kappa shape index (κ2) is 4.78. The standard InChI is InChI=1S/C16H8BrF3O2/c17-15(9-4-3-5-10(8-9)16(18,19)20)13(21)11-6-1-2-7-12(11)14(15)22/h1-8H. The van der Waals surface area contributed by atoms with E-state index in [0.717, 1.165) is 12.1 Å². The van der Waals surface area contributed by atoms with Gasteiger partial charge in [-0.2, -0.15) is 13.2 Å². The molecule has 0 saturated carbocycles. The second-order valence-electron chi connectivity index (χ2n) is 4.94. The lowest BCUT2D eigenvalue weighted by Gasteiger charge is -2.20. The first-order valence-electron chi connectivity index (χ1n) is 6.31. The zero-order valence-electron chi connectivity index (χ0n) is 10.9. The van der Waals surface area contributed by atoms with Crippen LogP contribution in [0, 0.1) is 0 Å². The van der Waals surface area contributed by atoms with E-state index in [1.54, 1.807) is 12.1 Å². The molecule has 0 unspecified atom stereocenters. The minimum absolute atomic E-state index is 0.0199. The van der Waals surface area contributed by atoms with Crippen LogP contribution in [0.25, 0.3) is 0 Å². The number of alkyl halides is 4. The molecule has 112 valence electrons. The average molecular weight is 369 g/mol. The maximum Gasteiger partial charge on any atom is 0.416 e. The molecule has 6 heteroatoms. The van der Waals surface area contributed by atoms with Crippen molar-refractivity contribution in [3.63, 3.8) is 0 Å². The number of halogens is 4. The third-order valence-corrected chi connectivity index (χ3v) is 4.81. The molecule has 22 heavy (non-hydrogen) atoms. The van der Waals surface area contributed by atoms with Crippen LogP contribution in [0.2, 0.25) is 0 Å². The Morgan fingerprint density at radius 2 is 1.41 bits per heavy atom. The molecule has 0 radical (unpaired) electrons. The van der Waals surface area contributed by atoms with E-state index in [1.807, 2.05) is 0 Å². The molecule has 1 aliphatic carbocycles. The van der Waals surface area contributed by atoms with Crippen LogP contribution in [0.3, 0.4) is 0 Å². The predicted molar refractivity (Wildman–Crippen MR) is 77.2 cm³/mol. The molecule has 0 aliphatic heterocycles. The van der Waals surface area contributed by atoms with E-state index in [4.69, 9.17) is 0 Å². The van der Waals surface area contributed by atoms with Crippen LogP contribution < -0.4 is 0 Å². The lowest BCUT2D eigenvalue weighted by Crippen LogP contribution is -2.31. The van der Waals surface area contributed by atoms with Crippen molar-refractivity contribution >= 4 is 27.5 Å². The minimum atomic E-state index is -4.54. The number of fused-ring (bicyclic) bond motifs is 1. The third-order valence-electron chi connectivity index (χ3n) is 3.63. The van der Waals surface area contributed by atoms with Gasteiger partial charge in [0.05, 0.1) is 5.56 Å². The van der Waals surface area contributed by atoms with Gasteiger partial charge in [-0.3, -0.25) is 9.59 Å². The molecule has 0 heterocycles. The molecule has 3 rings (SSSR count). The van der Waals surface area contributed by atoms with E-state index in [1.165, 1.54) is 24.3 Å². The Bertz CT molecular complexity index is 761. The van der Waals surface area contributed by atoms with Crippen molar-refractivity contribution in [2.75, 3.05) is 0 Å². The zero-order valence-corrected chi connectivity index (χ0v) is 12.5. The van der Waals surface area contributed by atoms with Crippen molar-refractivity contribution < 1.29 is 22.8 Å². The Morgan fingerprint density at radius 3 is 1.91 bits per heavy atom. The normalized spacial score (nSPS) is 16.7. The van der Waals surface area contributed by atoms with Gasteiger partial charge < -0.3 is 0 Å². The highest BCUT2D eigenvalue weighted by Gasteiger charge is 2.52. The Kier molecular flexibility index (Phi) is 3.25. The van der Waals surface area contributed by atoms with Crippen LogP contribution in [0.5, 0.6) is 0 Å². The topological polar surface area (TPSA) is 34.1 Å². The van der Waals surface area contributed by atoms with Crippen molar-refractivity contribution in [2.45, 2.75) is 10.5 Å². The largest absolute Gasteiger partial charge is 0.416 e. The number of hydrogen-bond acceptors (Lipinski definition) is 2. The summed E-state index contributed by atoms with van der Waals surface area (Å²) in [4.78, 5) is 25.1. The summed E-state index contributed by atoms with van der Waals surface area (Å²) < 4.78 is 36.8. The number of carbonyl (C=O) groups excluding carboxylic acids is 2. The molecule has 1 aliphatic rings. The summed E-state index contributed by atoms with van der Waals surface area (Å²) in [5.74, 6) is -1.10. The summed E-state index contributed by atoms with van der Waals surface area (Å²) >= 11 is 3.10. The number of hydrogen-bond donors (Lipinski definition) is 0. The lowest BCUT2D eigenvalue weighted by molar-refractivity contribution is -0.137. The van der Waals surface area contributed by atoms with Gasteiger partial charge >= 0.3 is 6.18 Å². The Hall–Kier alpha value is -1.95. The molecule has 0 amide bonds. The van der Waals surface area contributed by atoms with Gasteiger partial charge in [0.15, 0.2) is 15.9 Å². The van der Waals surface area contributed by atoms with Gasteiger partial charge in [-0.1, -0.05) is 52.3 Å². The smallest absolute Gasteiger partial charge is 0.292 e. The fraction of sp³-hybridized carbons (Fsp3) is 0.125. The average Bonchev–Trinajstić information content (AvgIpc) is 2.70. The number of ketones is 2. The number of benzene rings is 2. The fourth-order valence-corrected chi connectivity index (χ4v) is 3.20. The zero-order chi connectivity index (χ0) is 16.1. The number of Topliss-reactive ketones (excluding diaryl/α,β-unsaturated/α-hetero) is 2. The number of carbonyl (C=O) groups is 2. The van der Waals surface area contributed by atoms with Crippen molar-refractivity contribution in [3.05, 3.63) is 70.8 Å². The molecule has 0 bridgehead atoms. The SMILES string of the molecule is O=C1c2ccccc2C(=O)C1(Br)c1cccc(C(F)(F)F)c1. The van der Waals surface area contributed by atoms with Gasteiger partial charge in [0, 0.05) is 11.1 Å². The van der Waals surface area contributed by atoms with Gasteiger partial charge in [0.25, 0.3) is 0 Å². The molecule has 0 aromatic heterocycles. The molecule has 0 fully saturated rings. The van der Waals surface area contributed by atoms with Crippen molar-refractivity contribution in [1.82, 2.24) is 0 Å². The molecule has 0 N–H and O–H groups in total. The predicted octanol–water partition coefficient (Wildman–Crippen LogP) is 4.37. The summed E-state index contributed by atoms with van der Waals surface area (Å²) in [6.07, 6.45) is -4.54. The van der Waals surface area contributed by atoms with Gasteiger partial charge in [0.1, 0.15) is 0 Å². The highest BCUT2D eigenvalue weighted by Crippen LogP contribution is 2.45. The summed E-state index contributed by atoms with van der Waals surface area (Å²) in [6.45, 7) is 0. The van der Waals surface area contributed by atoms with E-state index in [9.17, 15) is 22.8 Å². The Morgan fingerprint density at radius 1 is 0.864 bits per heavy atom. The van der Waals surface area contributed by atoms with Crippen molar-refractivity contribution in [1.29, 1.82) is 0 Å². The van der Waals surface area contributed by atoms with Crippen LogP contribution in [0.1, 0.15) is 31.8 Å².